The van der Waals surface area contributed by atoms with Crippen LogP contribution in [0.2, 0.25) is 0 Å². The fourth-order valence-electron chi connectivity index (χ4n) is 1.50. The van der Waals surface area contributed by atoms with E-state index >= 15 is 0 Å². The molecule has 0 amide bonds. The molecule has 0 fully saturated rings. The van der Waals surface area contributed by atoms with Crippen molar-refractivity contribution in [2.45, 2.75) is 19.9 Å². The third-order valence-corrected chi connectivity index (χ3v) is 2.46. The largest absolute Gasteiger partial charge is 0.491 e. The highest BCUT2D eigenvalue weighted by molar-refractivity contribution is 5.27. The summed E-state index contributed by atoms with van der Waals surface area (Å²) in [4.78, 5) is 0. The fourth-order valence-corrected chi connectivity index (χ4v) is 1.50. The summed E-state index contributed by atoms with van der Waals surface area (Å²) in [5.41, 5.74) is 1.21. The van der Waals surface area contributed by atoms with Crippen molar-refractivity contribution in [3.63, 3.8) is 0 Å². The first kappa shape index (κ1) is 15.0. The van der Waals surface area contributed by atoms with Crippen LogP contribution in [-0.2, 0) is 11.3 Å². The molecule has 0 radical (unpaired) electrons. The number of aliphatic hydroxyl groups is 1. The molecule has 0 saturated heterocycles. The van der Waals surface area contributed by atoms with Gasteiger partial charge in [0.25, 0.3) is 0 Å². The molecular formula is C14H23NO3. The first-order valence-corrected chi connectivity index (χ1v) is 6.48. The van der Waals surface area contributed by atoms with E-state index < -0.39 is 0 Å². The van der Waals surface area contributed by atoms with E-state index in [1.54, 1.807) is 0 Å². The fraction of sp³-hybridized carbons (Fsp3) is 0.571. The molecule has 2 N–H and O–H groups in total. The number of hydrogen-bond acceptors (Lipinski definition) is 4. The van der Waals surface area contributed by atoms with E-state index in [4.69, 9.17) is 14.6 Å². The molecule has 1 rings (SSSR count). The van der Waals surface area contributed by atoms with Crippen molar-refractivity contribution in [1.82, 2.24) is 5.32 Å². The molecule has 0 aliphatic carbocycles. The molecule has 0 heterocycles. The lowest BCUT2D eigenvalue weighted by atomic mass is 10.2. The van der Waals surface area contributed by atoms with E-state index in [-0.39, 0.29) is 6.61 Å². The first-order valence-electron chi connectivity index (χ1n) is 6.48. The molecule has 18 heavy (non-hydrogen) atoms. The maximum atomic E-state index is 8.65. The number of rotatable bonds is 10. The Labute approximate surface area is 109 Å². The molecule has 0 aliphatic heterocycles. The van der Waals surface area contributed by atoms with Crippen LogP contribution >= 0.6 is 0 Å². The molecule has 0 spiro atoms. The molecule has 0 bridgehead atoms. The van der Waals surface area contributed by atoms with Crippen LogP contribution in [0.15, 0.2) is 24.3 Å². The van der Waals surface area contributed by atoms with Crippen molar-refractivity contribution in [1.29, 1.82) is 0 Å². The van der Waals surface area contributed by atoms with E-state index in [0.29, 0.717) is 13.2 Å². The Hall–Kier alpha value is -1.10. The van der Waals surface area contributed by atoms with Gasteiger partial charge in [0.1, 0.15) is 12.4 Å². The Bertz CT molecular complexity index is 269. The summed E-state index contributed by atoms with van der Waals surface area (Å²) in [6, 6.07) is 8.02. The lowest BCUT2D eigenvalue weighted by Gasteiger charge is -2.08. The van der Waals surface area contributed by atoms with Gasteiger partial charge in [-0.25, -0.2) is 0 Å². The van der Waals surface area contributed by atoms with Crippen LogP contribution in [0.25, 0.3) is 0 Å². The van der Waals surface area contributed by atoms with Crippen molar-refractivity contribution in [2.24, 2.45) is 0 Å². The van der Waals surface area contributed by atoms with Crippen LogP contribution in [0.3, 0.4) is 0 Å². The average molecular weight is 253 g/mol. The number of ether oxygens (including phenoxy) is 2. The van der Waals surface area contributed by atoms with Gasteiger partial charge in [-0.05, 0) is 37.6 Å². The molecule has 0 saturated carbocycles. The van der Waals surface area contributed by atoms with E-state index in [1.807, 2.05) is 31.2 Å². The summed E-state index contributed by atoms with van der Waals surface area (Å²) < 4.78 is 10.7. The van der Waals surface area contributed by atoms with Crippen molar-refractivity contribution in [3.8, 4) is 5.75 Å². The van der Waals surface area contributed by atoms with Gasteiger partial charge in [0.05, 0.1) is 6.61 Å². The summed E-state index contributed by atoms with van der Waals surface area (Å²) in [5.74, 6) is 0.869. The van der Waals surface area contributed by atoms with Crippen LogP contribution in [0.1, 0.15) is 18.9 Å². The van der Waals surface area contributed by atoms with Gasteiger partial charge in [-0.2, -0.15) is 0 Å². The Morgan fingerprint density at radius 1 is 1.17 bits per heavy atom. The maximum absolute atomic E-state index is 8.65. The second kappa shape index (κ2) is 9.88. The summed E-state index contributed by atoms with van der Waals surface area (Å²) in [6.45, 7) is 5.80. The van der Waals surface area contributed by atoms with Crippen molar-refractivity contribution < 1.29 is 14.6 Å². The average Bonchev–Trinajstić information content (AvgIpc) is 2.41. The van der Waals surface area contributed by atoms with Gasteiger partial charge in [-0.15, -0.1) is 0 Å². The summed E-state index contributed by atoms with van der Waals surface area (Å²) in [6.07, 6.45) is 0.790. The molecule has 0 aromatic heterocycles. The molecule has 4 heteroatoms. The smallest absolute Gasteiger partial charge is 0.119 e. The predicted octanol–water partition coefficient (Wildman–Crippen LogP) is 1.57. The number of aliphatic hydroxyl groups excluding tert-OH is 1. The maximum Gasteiger partial charge on any atom is 0.119 e. The van der Waals surface area contributed by atoms with Crippen LogP contribution in [0.4, 0.5) is 0 Å². The zero-order chi connectivity index (χ0) is 13.1. The predicted molar refractivity (Wildman–Crippen MR) is 71.8 cm³/mol. The Kier molecular flexibility index (Phi) is 8.21. The minimum Gasteiger partial charge on any atom is -0.491 e. The lowest BCUT2D eigenvalue weighted by Crippen LogP contribution is -2.15. The third-order valence-electron chi connectivity index (χ3n) is 2.46. The van der Waals surface area contributed by atoms with Gasteiger partial charge in [0, 0.05) is 19.8 Å². The third kappa shape index (κ3) is 6.59. The van der Waals surface area contributed by atoms with Crippen LogP contribution in [-0.4, -0.2) is 38.1 Å². The molecular weight excluding hydrogens is 230 g/mol. The molecule has 1 aromatic rings. The topological polar surface area (TPSA) is 50.7 Å². The van der Waals surface area contributed by atoms with Gasteiger partial charge in [0.15, 0.2) is 0 Å². The van der Waals surface area contributed by atoms with Crippen molar-refractivity contribution in [3.05, 3.63) is 29.8 Å². The lowest BCUT2D eigenvalue weighted by molar-refractivity contribution is 0.110. The second-order valence-corrected chi connectivity index (χ2v) is 3.94. The monoisotopic (exact) mass is 253 g/mol. The number of nitrogens with one attached hydrogen (secondary N) is 1. The quantitative estimate of drug-likeness (QED) is 0.622. The van der Waals surface area contributed by atoms with Gasteiger partial charge in [-0.1, -0.05) is 12.1 Å². The van der Waals surface area contributed by atoms with Crippen molar-refractivity contribution in [2.75, 3.05) is 33.0 Å². The van der Waals surface area contributed by atoms with E-state index in [1.165, 1.54) is 5.56 Å². The standard InChI is InChI=1S/C14H23NO3/c1-2-17-10-11-18-14-6-4-13(5-7-14)12-15-8-3-9-16/h4-7,15-16H,2-3,8-12H2,1H3. The first-order chi connectivity index (χ1) is 8.86. The number of benzene rings is 1. The molecule has 0 unspecified atom stereocenters. The van der Waals surface area contributed by atoms with E-state index in [2.05, 4.69) is 5.32 Å². The molecule has 0 aliphatic rings. The summed E-state index contributed by atoms with van der Waals surface area (Å²) in [5, 5.41) is 11.9. The minimum absolute atomic E-state index is 0.236. The van der Waals surface area contributed by atoms with Gasteiger partial charge >= 0.3 is 0 Å². The van der Waals surface area contributed by atoms with Crippen molar-refractivity contribution >= 4 is 0 Å². The highest BCUT2D eigenvalue weighted by atomic mass is 16.5. The van der Waals surface area contributed by atoms with E-state index in [9.17, 15) is 0 Å². The second-order valence-electron chi connectivity index (χ2n) is 3.94. The minimum atomic E-state index is 0.236. The van der Waals surface area contributed by atoms with Crippen LogP contribution < -0.4 is 10.1 Å². The SMILES string of the molecule is CCOCCOc1ccc(CNCCCO)cc1. The normalized spacial score (nSPS) is 10.6. The zero-order valence-corrected chi connectivity index (χ0v) is 11.0. The van der Waals surface area contributed by atoms with Gasteiger partial charge < -0.3 is 19.9 Å². The molecule has 4 nitrogen and oxygen atoms in total. The Morgan fingerprint density at radius 3 is 2.61 bits per heavy atom. The molecule has 1 aromatic carbocycles. The van der Waals surface area contributed by atoms with Crippen LogP contribution in [0, 0.1) is 0 Å². The van der Waals surface area contributed by atoms with Gasteiger partial charge in [-0.3, -0.25) is 0 Å². The van der Waals surface area contributed by atoms with E-state index in [0.717, 1.165) is 31.9 Å². The summed E-state index contributed by atoms with van der Waals surface area (Å²) in [7, 11) is 0. The molecule has 0 atom stereocenters. The highest BCUT2D eigenvalue weighted by Gasteiger charge is 1.96. The Morgan fingerprint density at radius 2 is 1.94 bits per heavy atom. The Balaban J connectivity index is 2.20. The number of hydrogen-bond donors (Lipinski definition) is 2. The highest BCUT2D eigenvalue weighted by Crippen LogP contribution is 2.11. The van der Waals surface area contributed by atoms with Crippen LogP contribution in [0.5, 0.6) is 5.75 Å². The molecule has 102 valence electrons. The zero-order valence-electron chi connectivity index (χ0n) is 11.0. The summed E-state index contributed by atoms with van der Waals surface area (Å²) >= 11 is 0. The van der Waals surface area contributed by atoms with Gasteiger partial charge in [0.2, 0.25) is 0 Å².